The predicted octanol–water partition coefficient (Wildman–Crippen LogP) is 6.98. The van der Waals surface area contributed by atoms with Crippen LogP contribution in [0.4, 0.5) is 17.6 Å². The zero-order valence-corrected chi connectivity index (χ0v) is 16.5. The van der Waals surface area contributed by atoms with Crippen LogP contribution in [0.2, 0.25) is 0 Å². The molecule has 2 aromatic carbocycles. The van der Waals surface area contributed by atoms with E-state index in [1.807, 2.05) is 0 Å². The molecule has 0 heterocycles. The number of unbranched alkanes of at least 4 members (excludes halogenated alkanes) is 3. The lowest BCUT2D eigenvalue weighted by Crippen LogP contribution is -2.02. The van der Waals surface area contributed by atoms with E-state index in [2.05, 4.69) is 6.92 Å². The molecule has 26 heavy (non-hydrogen) atoms. The lowest BCUT2D eigenvalue weighted by molar-refractivity contribution is 0.305. The van der Waals surface area contributed by atoms with E-state index in [4.69, 9.17) is 4.74 Å². The van der Waals surface area contributed by atoms with Gasteiger partial charge in [-0.15, -0.1) is 0 Å². The normalized spacial score (nSPS) is 11.3. The van der Waals surface area contributed by atoms with Crippen LogP contribution in [0.3, 0.4) is 0 Å². The van der Waals surface area contributed by atoms with Gasteiger partial charge in [-0.05, 0) is 52.8 Å². The highest BCUT2D eigenvalue weighted by molar-refractivity contribution is 14.1. The second-order valence-electron chi connectivity index (χ2n) is 5.80. The molecule has 2 aromatic rings. The van der Waals surface area contributed by atoms with Gasteiger partial charge >= 0.3 is 0 Å². The van der Waals surface area contributed by atoms with Crippen molar-refractivity contribution in [1.82, 2.24) is 0 Å². The molecule has 0 N–H and O–H groups in total. The van der Waals surface area contributed by atoms with Crippen LogP contribution in [0, 0.1) is 26.8 Å². The maximum Gasteiger partial charge on any atom is 0.175 e. The molecular formula is C20H19F4IO. The van der Waals surface area contributed by atoms with Crippen LogP contribution < -0.4 is 4.74 Å². The van der Waals surface area contributed by atoms with E-state index in [-0.39, 0.29) is 0 Å². The largest absolute Gasteiger partial charge is 0.494 e. The summed E-state index contributed by atoms with van der Waals surface area (Å²) in [6, 6.07) is 6.88. The van der Waals surface area contributed by atoms with Gasteiger partial charge in [-0.1, -0.05) is 44.4 Å². The lowest BCUT2D eigenvalue weighted by atomic mass is 10.1. The molecule has 6 heteroatoms. The number of benzene rings is 2. The lowest BCUT2D eigenvalue weighted by Gasteiger charge is -2.07. The first-order chi connectivity index (χ1) is 12.5. The first-order valence-electron chi connectivity index (χ1n) is 8.38. The summed E-state index contributed by atoms with van der Waals surface area (Å²) in [4.78, 5) is 0. The summed E-state index contributed by atoms with van der Waals surface area (Å²) in [5, 5.41) is 0. The van der Waals surface area contributed by atoms with Crippen molar-refractivity contribution in [2.24, 2.45) is 0 Å². The fourth-order valence-corrected chi connectivity index (χ4v) is 2.82. The molecule has 0 spiro atoms. The molecule has 0 atom stereocenters. The van der Waals surface area contributed by atoms with Crippen LogP contribution >= 0.6 is 22.6 Å². The van der Waals surface area contributed by atoms with Gasteiger partial charge in [-0.3, -0.25) is 0 Å². The first kappa shape index (κ1) is 20.7. The average Bonchev–Trinajstić information content (AvgIpc) is 2.65. The molecule has 1 nitrogen and oxygen atoms in total. The van der Waals surface area contributed by atoms with Crippen molar-refractivity contribution in [2.45, 2.75) is 32.6 Å². The summed E-state index contributed by atoms with van der Waals surface area (Å²) in [7, 11) is 0. The minimum atomic E-state index is -1.41. The summed E-state index contributed by atoms with van der Waals surface area (Å²) in [6.45, 7) is 2.77. The highest BCUT2D eigenvalue weighted by Crippen LogP contribution is 2.27. The summed E-state index contributed by atoms with van der Waals surface area (Å²) >= 11 is 1.23. The van der Waals surface area contributed by atoms with E-state index in [0.29, 0.717) is 17.9 Å². The number of halogens is 5. The zero-order valence-electron chi connectivity index (χ0n) is 14.3. The van der Waals surface area contributed by atoms with Crippen LogP contribution in [0.1, 0.15) is 43.7 Å². The quantitative estimate of drug-likeness (QED) is 0.0994. The molecule has 0 aliphatic carbocycles. The third-order valence-corrected chi connectivity index (χ3v) is 4.78. The highest BCUT2D eigenvalue weighted by atomic mass is 127. The zero-order chi connectivity index (χ0) is 19.1. The van der Waals surface area contributed by atoms with Crippen LogP contribution in [-0.2, 0) is 0 Å². The van der Waals surface area contributed by atoms with Gasteiger partial charge in [0, 0.05) is 0 Å². The van der Waals surface area contributed by atoms with Crippen molar-refractivity contribution in [1.29, 1.82) is 0 Å². The topological polar surface area (TPSA) is 9.23 Å². The van der Waals surface area contributed by atoms with Crippen molar-refractivity contribution < 1.29 is 22.3 Å². The summed E-state index contributed by atoms with van der Waals surface area (Å²) < 4.78 is 59.7. The Kier molecular flexibility index (Phi) is 7.93. The van der Waals surface area contributed by atoms with E-state index in [1.54, 1.807) is 24.3 Å². The maximum atomic E-state index is 13.8. The molecule has 0 aromatic heterocycles. The molecule has 2 rings (SSSR count). The number of rotatable bonds is 8. The number of hydrogen-bond donors (Lipinski definition) is 0. The summed E-state index contributed by atoms with van der Waals surface area (Å²) in [5.41, 5.74) is -0.113. The van der Waals surface area contributed by atoms with Crippen molar-refractivity contribution >= 4 is 34.7 Å². The van der Waals surface area contributed by atoms with E-state index in [0.717, 1.165) is 25.3 Å². The fourth-order valence-electron chi connectivity index (χ4n) is 2.34. The van der Waals surface area contributed by atoms with Crippen LogP contribution in [-0.4, -0.2) is 6.61 Å². The Bertz CT molecular complexity index is 743. The fraction of sp³-hybridized carbons (Fsp3) is 0.300. The summed E-state index contributed by atoms with van der Waals surface area (Å²) in [6.07, 6.45) is 6.86. The third kappa shape index (κ3) is 5.22. The molecule has 0 saturated carbocycles. The third-order valence-electron chi connectivity index (χ3n) is 3.83. The summed E-state index contributed by atoms with van der Waals surface area (Å²) in [5.74, 6) is -4.90. The van der Waals surface area contributed by atoms with E-state index < -0.39 is 32.4 Å². The molecule has 0 radical (unpaired) electrons. The van der Waals surface area contributed by atoms with Crippen LogP contribution in [0.15, 0.2) is 24.3 Å². The molecule has 140 valence electrons. The standard InChI is InChI=1S/C20H19F4IO/c1-2-3-4-5-12-26-14-9-6-13(7-10-14)8-11-15-16(21)18(23)20(25)19(24)17(15)22/h6-11H,2-5,12H2,1H3/b11-8+. The maximum absolute atomic E-state index is 13.8. The SMILES string of the molecule is CCCCCCOc1ccc(/C=C/c2c(F)c(F)c(I)c(F)c2F)cc1. The molecule has 0 amide bonds. The Hall–Kier alpha value is -1.57. The first-order valence-corrected chi connectivity index (χ1v) is 9.46. The van der Waals surface area contributed by atoms with Gasteiger partial charge in [-0.2, -0.15) is 0 Å². The Morgan fingerprint density at radius 3 is 2.04 bits per heavy atom. The van der Waals surface area contributed by atoms with Crippen molar-refractivity contribution in [3.8, 4) is 5.75 Å². The van der Waals surface area contributed by atoms with Gasteiger partial charge in [0.2, 0.25) is 0 Å². The van der Waals surface area contributed by atoms with Gasteiger partial charge in [0.25, 0.3) is 0 Å². The monoisotopic (exact) mass is 478 g/mol. The van der Waals surface area contributed by atoms with Gasteiger partial charge in [0.15, 0.2) is 23.3 Å². The molecule has 0 aliphatic rings. The van der Waals surface area contributed by atoms with Crippen molar-refractivity contribution in [3.05, 3.63) is 62.2 Å². The van der Waals surface area contributed by atoms with Gasteiger partial charge in [0.1, 0.15) is 5.75 Å². The van der Waals surface area contributed by atoms with E-state index in [9.17, 15) is 17.6 Å². The number of ether oxygens (including phenoxy) is 1. The van der Waals surface area contributed by atoms with Crippen LogP contribution in [0.5, 0.6) is 5.75 Å². The number of hydrogen-bond acceptors (Lipinski definition) is 1. The minimum absolute atomic E-state index is 0.626. The van der Waals surface area contributed by atoms with E-state index >= 15 is 0 Å². The molecule has 0 aliphatic heterocycles. The Morgan fingerprint density at radius 1 is 0.846 bits per heavy atom. The Morgan fingerprint density at radius 2 is 1.46 bits per heavy atom. The molecule has 0 bridgehead atoms. The van der Waals surface area contributed by atoms with Gasteiger partial charge in [0.05, 0.1) is 15.7 Å². The molecule has 0 unspecified atom stereocenters. The Labute approximate surface area is 164 Å². The second-order valence-corrected chi connectivity index (χ2v) is 6.87. The van der Waals surface area contributed by atoms with E-state index in [1.165, 1.54) is 35.1 Å². The average molecular weight is 478 g/mol. The smallest absolute Gasteiger partial charge is 0.175 e. The minimum Gasteiger partial charge on any atom is -0.494 e. The Balaban J connectivity index is 2.05. The highest BCUT2D eigenvalue weighted by Gasteiger charge is 2.22. The molecule has 0 fully saturated rings. The van der Waals surface area contributed by atoms with Crippen molar-refractivity contribution in [2.75, 3.05) is 6.61 Å². The van der Waals surface area contributed by atoms with Crippen molar-refractivity contribution in [3.63, 3.8) is 0 Å². The van der Waals surface area contributed by atoms with Gasteiger partial charge < -0.3 is 4.74 Å². The predicted molar refractivity (Wildman–Crippen MR) is 104 cm³/mol. The molecule has 0 saturated heterocycles. The second kappa shape index (κ2) is 9.94. The molecular weight excluding hydrogens is 459 g/mol. The van der Waals surface area contributed by atoms with Crippen LogP contribution in [0.25, 0.3) is 12.2 Å². The van der Waals surface area contributed by atoms with Gasteiger partial charge in [-0.25, -0.2) is 17.6 Å².